The zero-order valence-corrected chi connectivity index (χ0v) is 11.5. The van der Waals surface area contributed by atoms with Gasteiger partial charge in [0.05, 0.1) is 5.69 Å². The van der Waals surface area contributed by atoms with Crippen LogP contribution >= 0.6 is 11.3 Å². The van der Waals surface area contributed by atoms with Gasteiger partial charge in [-0.05, 0) is 42.2 Å². The monoisotopic (exact) mass is 261 g/mol. The van der Waals surface area contributed by atoms with Crippen LogP contribution in [0.15, 0.2) is 23.0 Å². The summed E-state index contributed by atoms with van der Waals surface area (Å²) in [4.78, 5) is 4.67. The summed E-state index contributed by atoms with van der Waals surface area (Å²) in [6.07, 6.45) is 4.71. The fraction of sp³-hybridized carbons (Fsp3) is 0.500. The molecule has 4 heteroatoms. The van der Waals surface area contributed by atoms with Crippen molar-refractivity contribution < 1.29 is 0 Å². The Morgan fingerprint density at radius 1 is 1.56 bits per heavy atom. The topological polar surface area (TPSA) is 29.9 Å². The van der Waals surface area contributed by atoms with Gasteiger partial charge in [0.1, 0.15) is 5.82 Å². The molecule has 0 bridgehead atoms. The van der Waals surface area contributed by atoms with Crippen LogP contribution in [0.4, 0.5) is 0 Å². The van der Waals surface area contributed by atoms with Crippen molar-refractivity contribution in [3.63, 3.8) is 0 Å². The van der Waals surface area contributed by atoms with Crippen LogP contribution in [0, 0.1) is 6.92 Å². The number of fused-ring (bicyclic) bond motifs is 1. The van der Waals surface area contributed by atoms with Gasteiger partial charge >= 0.3 is 0 Å². The summed E-state index contributed by atoms with van der Waals surface area (Å²) in [6, 6.07) is 2.18. The minimum atomic E-state index is 0.575. The zero-order chi connectivity index (χ0) is 12.4. The smallest absolute Gasteiger partial charge is 0.113 e. The summed E-state index contributed by atoms with van der Waals surface area (Å²) in [7, 11) is 0. The van der Waals surface area contributed by atoms with Crippen molar-refractivity contribution in [3.8, 4) is 0 Å². The molecule has 0 spiro atoms. The molecule has 1 N–H and O–H groups in total. The summed E-state index contributed by atoms with van der Waals surface area (Å²) in [6.45, 7) is 5.23. The van der Waals surface area contributed by atoms with E-state index in [1.54, 1.807) is 11.3 Å². The second kappa shape index (κ2) is 5.24. The molecule has 3 heterocycles. The van der Waals surface area contributed by atoms with Crippen LogP contribution in [0.3, 0.4) is 0 Å². The molecule has 0 aromatic carbocycles. The molecule has 0 amide bonds. The van der Waals surface area contributed by atoms with Crippen molar-refractivity contribution in [2.45, 2.75) is 38.8 Å². The Morgan fingerprint density at radius 2 is 2.50 bits per heavy atom. The van der Waals surface area contributed by atoms with Crippen LogP contribution in [0.5, 0.6) is 0 Å². The van der Waals surface area contributed by atoms with E-state index in [9.17, 15) is 0 Å². The van der Waals surface area contributed by atoms with E-state index in [1.165, 1.54) is 24.2 Å². The fourth-order valence-corrected chi connectivity index (χ4v) is 3.35. The van der Waals surface area contributed by atoms with E-state index >= 15 is 0 Å². The molecule has 3 nitrogen and oxygen atoms in total. The maximum atomic E-state index is 4.67. The summed E-state index contributed by atoms with van der Waals surface area (Å²) < 4.78 is 2.33. The Kier molecular flexibility index (Phi) is 3.48. The Balaban J connectivity index is 1.60. The number of hydrogen-bond acceptors (Lipinski definition) is 3. The summed E-state index contributed by atoms with van der Waals surface area (Å²) in [5.74, 6) is 1.85. The number of hydrogen-bond donors (Lipinski definition) is 1. The van der Waals surface area contributed by atoms with Crippen molar-refractivity contribution in [3.05, 3.63) is 40.1 Å². The molecule has 0 fully saturated rings. The van der Waals surface area contributed by atoms with E-state index in [2.05, 4.69) is 44.8 Å². The largest absolute Gasteiger partial charge is 0.334 e. The number of imidazole rings is 1. The first-order valence-electron chi connectivity index (χ1n) is 6.58. The van der Waals surface area contributed by atoms with Gasteiger partial charge in [0.15, 0.2) is 0 Å². The number of aromatic nitrogens is 2. The van der Waals surface area contributed by atoms with Crippen LogP contribution in [0.1, 0.15) is 35.8 Å². The normalized spacial score (nSPS) is 18.8. The average molecular weight is 261 g/mol. The highest BCUT2D eigenvalue weighted by Gasteiger charge is 2.21. The predicted molar refractivity (Wildman–Crippen MR) is 75.0 cm³/mol. The molecule has 3 rings (SSSR count). The molecule has 96 valence electrons. The number of nitrogens with zero attached hydrogens (tertiary/aromatic N) is 2. The highest BCUT2D eigenvalue weighted by atomic mass is 32.1. The molecular weight excluding hydrogens is 242 g/mol. The summed E-state index contributed by atoms with van der Waals surface area (Å²) in [5, 5.41) is 7.90. The van der Waals surface area contributed by atoms with Crippen molar-refractivity contribution in [2.24, 2.45) is 0 Å². The van der Waals surface area contributed by atoms with Gasteiger partial charge in [0, 0.05) is 31.7 Å². The van der Waals surface area contributed by atoms with Crippen LogP contribution in [-0.2, 0) is 13.1 Å². The highest BCUT2D eigenvalue weighted by molar-refractivity contribution is 7.07. The van der Waals surface area contributed by atoms with E-state index in [1.807, 2.05) is 0 Å². The molecule has 1 aliphatic heterocycles. The molecule has 2 aromatic heterocycles. The molecule has 18 heavy (non-hydrogen) atoms. The van der Waals surface area contributed by atoms with Crippen molar-refractivity contribution in [1.82, 2.24) is 14.9 Å². The van der Waals surface area contributed by atoms with Crippen LogP contribution in [-0.4, -0.2) is 16.1 Å². The summed E-state index contributed by atoms with van der Waals surface area (Å²) >= 11 is 1.76. The van der Waals surface area contributed by atoms with Gasteiger partial charge < -0.3 is 9.88 Å². The molecule has 2 aromatic rings. The van der Waals surface area contributed by atoms with Gasteiger partial charge in [-0.25, -0.2) is 4.98 Å². The standard InChI is InChI=1S/C14H19N3S/c1-11-9-17-5-2-3-13(14(17)16-11)8-15-7-12-4-6-18-10-12/h4,6,9-10,13,15H,2-3,5,7-8H2,1H3/t13-/m1/s1. The molecule has 0 saturated carbocycles. The van der Waals surface area contributed by atoms with Gasteiger partial charge in [-0.3, -0.25) is 0 Å². The van der Waals surface area contributed by atoms with E-state index in [4.69, 9.17) is 0 Å². The Labute approximate surface area is 112 Å². The van der Waals surface area contributed by atoms with Crippen LogP contribution < -0.4 is 5.32 Å². The van der Waals surface area contributed by atoms with Gasteiger partial charge in [-0.15, -0.1) is 0 Å². The molecule has 0 saturated heterocycles. The Morgan fingerprint density at radius 3 is 3.33 bits per heavy atom. The molecule has 0 aliphatic carbocycles. The SMILES string of the molecule is Cc1cn2c(n1)[C@@H](CNCc1ccsc1)CCC2. The van der Waals surface area contributed by atoms with Crippen molar-refractivity contribution >= 4 is 11.3 Å². The van der Waals surface area contributed by atoms with E-state index in [-0.39, 0.29) is 0 Å². The fourth-order valence-electron chi connectivity index (χ4n) is 2.68. The minimum absolute atomic E-state index is 0.575. The zero-order valence-electron chi connectivity index (χ0n) is 10.7. The predicted octanol–water partition coefficient (Wildman–Crippen LogP) is 2.92. The van der Waals surface area contributed by atoms with E-state index in [0.29, 0.717) is 5.92 Å². The molecule has 0 radical (unpaired) electrons. The lowest BCUT2D eigenvalue weighted by atomic mass is 9.99. The number of rotatable bonds is 4. The third-order valence-electron chi connectivity index (χ3n) is 3.54. The summed E-state index contributed by atoms with van der Waals surface area (Å²) in [5.41, 5.74) is 2.53. The average Bonchev–Trinajstić information content (AvgIpc) is 2.97. The third kappa shape index (κ3) is 2.49. The molecule has 0 unspecified atom stereocenters. The lowest BCUT2D eigenvalue weighted by Crippen LogP contribution is -2.26. The Bertz CT molecular complexity index is 501. The van der Waals surface area contributed by atoms with E-state index in [0.717, 1.165) is 25.3 Å². The van der Waals surface area contributed by atoms with Crippen LogP contribution in [0.2, 0.25) is 0 Å². The van der Waals surface area contributed by atoms with Gasteiger partial charge in [-0.1, -0.05) is 0 Å². The second-order valence-corrected chi connectivity index (χ2v) is 5.82. The molecular formula is C14H19N3S. The second-order valence-electron chi connectivity index (χ2n) is 5.04. The quantitative estimate of drug-likeness (QED) is 0.917. The van der Waals surface area contributed by atoms with Gasteiger partial charge in [0.25, 0.3) is 0 Å². The van der Waals surface area contributed by atoms with Crippen molar-refractivity contribution in [2.75, 3.05) is 6.54 Å². The van der Waals surface area contributed by atoms with Gasteiger partial charge in [0.2, 0.25) is 0 Å². The lowest BCUT2D eigenvalue weighted by Gasteiger charge is -2.23. The maximum absolute atomic E-state index is 4.67. The first-order valence-corrected chi connectivity index (χ1v) is 7.52. The third-order valence-corrected chi connectivity index (χ3v) is 4.28. The number of aryl methyl sites for hydroxylation is 2. The maximum Gasteiger partial charge on any atom is 0.113 e. The first kappa shape index (κ1) is 11.9. The van der Waals surface area contributed by atoms with E-state index < -0.39 is 0 Å². The van der Waals surface area contributed by atoms with Crippen molar-refractivity contribution in [1.29, 1.82) is 0 Å². The molecule has 1 aliphatic rings. The highest BCUT2D eigenvalue weighted by Crippen LogP contribution is 2.26. The lowest BCUT2D eigenvalue weighted by molar-refractivity contribution is 0.423. The number of nitrogens with one attached hydrogen (secondary N) is 1. The van der Waals surface area contributed by atoms with Crippen LogP contribution in [0.25, 0.3) is 0 Å². The molecule has 1 atom stereocenters. The number of thiophene rings is 1. The Hall–Kier alpha value is -1.13. The minimum Gasteiger partial charge on any atom is -0.334 e. The van der Waals surface area contributed by atoms with Gasteiger partial charge in [-0.2, -0.15) is 11.3 Å². The first-order chi connectivity index (χ1) is 8.83.